The largest absolute Gasteiger partial charge is 0.336 e. The molecular formula is C19H18BrN3O. The number of carbonyl (C=O) groups excluding carboxylic acids is 1. The molecule has 2 aromatic carbocycles. The molecule has 0 N–H and O–H groups in total. The van der Waals surface area contributed by atoms with Gasteiger partial charge in [-0.2, -0.15) is 0 Å². The first kappa shape index (κ1) is 15.4. The smallest absolute Gasteiger partial charge is 0.255 e. The molecule has 1 aliphatic rings. The fraction of sp³-hybridized carbons (Fsp3) is 0.263. The lowest BCUT2D eigenvalue weighted by Crippen LogP contribution is -2.29. The van der Waals surface area contributed by atoms with E-state index in [1.165, 1.54) is 0 Å². The number of aryl methyl sites for hydroxylation is 1. The van der Waals surface area contributed by atoms with Gasteiger partial charge in [-0.25, -0.2) is 4.98 Å². The Labute approximate surface area is 149 Å². The highest BCUT2D eigenvalue weighted by molar-refractivity contribution is 9.10. The number of hydrogen-bond donors (Lipinski definition) is 0. The molecule has 0 saturated carbocycles. The zero-order valence-corrected chi connectivity index (χ0v) is 15.0. The van der Waals surface area contributed by atoms with Crippen molar-refractivity contribution >= 4 is 32.9 Å². The van der Waals surface area contributed by atoms with Crippen LogP contribution in [0.4, 0.5) is 0 Å². The van der Waals surface area contributed by atoms with Crippen LogP contribution in [0.25, 0.3) is 11.0 Å². The number of para-hydroxylation sites is 2. The minimum atomic E-state index is 0.0899. The van der Waals surface area contributed by atoms with Crippen molar-refractivity contribution in [2.75, 3.05) is 13.1 Å². The van der Waals surface area contributed by atoms with Crippen LogP contribution >= 0.6 is 15.9 Å². The van der Waals surface area contributed by atoms with E-state index in [9.17, 15) is 4.79 Å². The molecule has 1 aromatic heterocycles. The number of halogens is 1. The number of likely N-dealkylation sites (tertiary alicyclic amines) is 1. The molecule has 4 nitrogen and oxygen atoms in total. The van der Waals surface area contributed by atoms with E-state index in [0.717, 1.165) is 46.4 Å². The van der Waals surface area contributed by atoms with Crippen molar-refractivity contribution in [1.29, 1.82) is 0 Å². The maximum atomic E-state index is 12.8. The van der Waals surface area contributed by atoms with Crippen molar-refractivity contribution in [1.82, 2.24) is 14.5 Å². The van der Waals surface area contributed by atoms with Gasteiger partial charge in [0.25, 0.3) is 5.91 Å². The first-order valence-electron chi connectivity index (χ1n) is 8.12. The van der Waals surface area contributed by atoms with Gasteiger partial charge >= 0.3 is 0 Å². The van der Waals surface area contributed by atoms with E-state index < -0.39 is 0 Å². The Hall–Kier alpha value is -2.14. The summed E-state index contributed by atoms with van der Waals surface area (Å²) in [5.41, 5.74) is 2.89. The number of hydrogen-bond acceptors (Lipinski definition) is 2. The molecule has 1 atom stereocenters. The molecule has 5 heteroatoms. The summed E-state index contributed by atoms with van der Waals surface area (Å²) in [4.78, 5) is 19.4. The van der Waals surface area contributed by atoms with Gasteiger partial charge in [-0.15, -0.1) is 0 Å². The quantitative estimate of drug-likeness (QED) is 0.665. The summed E-state index contributed by atoms with van der Waals surface area (Å²) < 4.78 is 3.13. The number of rotatable bonds is 2. The van der Waals surface area contributed by atoms with Gasteiger partial charge in [0.05, 0.1) is 22.6 Å². The van der Waals surface area contributed by atoms with Crippen LogP contribution in [0.5, 0.6) is 0 Å². The van der Waals surface area contributed by atoms with Crippen LogP contribution in [0, 0.1) is 6.92 Å². The van der Waals surface area contributed by atoms with Crippen LogP contribution in [0.2, 0.25) is 0 Å². The van der Waals surface area contributed by atoms with Crippen LogP contribution < -0.4 is 0 Å². The number of aromatic nitrogens is 2. The van der Waals surface area contributed by atoms with Gasteiger partial charge in [0, 0.05) is 17.6 Å². The predicted molar refractivity (Wildman–Crippen MR) is 98.2 cm³/mol. The van der Waals surface area contributed by atoms with Crippen molar-refractivity contribution in [2.24, 2.45) is 0 Å². The first-order chi connectivity index (χ1) is 11.6. The third-order valence-electron chi connectivity index (χ3n) is 4.69. The Morgan fingerprint density at radius 3 is 2.75 bits per heavy atom. The summed E-state index contributed by atoms with van der Waals surface area (Å²) in [6.07, 6.45) is 0.956. The lowest BCUT2D eigenvalue weighted by atomic mass is 10.2. The van der Waals surface area contributed by atoms with E-state index in [2.05, 4.69) is 31.5 Å². The summed E-state index contributed by atoms with van der Waals surface area (Å²) >= 11 is 3.48. The van der Waals surface area contributed by atoms with E-state index in [1.54, 1.807) is 0 Å². The zero-order valence-electron chi connectivity index (χ0n) is 13.4. The molecule has 122 valence electrons. The molecular weight excluding hydrogens is 366 g/mol. The molecule has 1 amide bonds. The maximum absolute atomic E-state index is 12.8. The summed E-state index contributed by atoms with van der Waals surface area (Å²) in [7, 11) is 0. The summed E-state index contributed by atoms with van der Waals surface area (Å²) in [6.45, 7) is 3.54. The summed E-state index contributed by atoms with van der Waals surface area (Å²) in [5, 5.41) is 0. The minimum absolute atomic E-state index is 0.0899. The average molecular weight is 384 g/mol. The monoisotopic (exact) mass is 383 g/mol. The molecule has 3 aromatic rings. The second-order valence-electron chi connectivity index (χ2n) is 6.19. The maximum Gasteiger partial charge on any atom is 0.255 e. The van der Waals surface area contributed by atoms with Crippen LogP contribution in [-0.2, 0) is 0 Å². The molecule has 1 fully saturated rings. The fourth-order valence-electron chi connectivity index (χ4n) is 3.57. The van der Waals surface area contributed by atoms with Crippen molar-refractivity contribution in [3.63, 3.8) is 0 Å². The van der Waals surface area contributed by atoms with Crippen molar-refractivity contribution in [2.45, 2.75) is 19.4 Å². The number of fused-ring (bicyclic) bond motifs is 1. The van der Waals surface area contributed by atoms with Gasteiger partial charge in [-0.3, -0.25) is 4.79 Å². The lowest BCUT2D eigenvalue weighted by molar-refractivity contribution is 0.0787. The molecule has 0 spiro atoms. The molecule has 1 aliphatic heterocycles. The third kappa shape index (κ3) is 2.53. The fourth-order valence-corrected chi connectivity index (χ4v) is 4.02. The van der Waals surface area contributed by atoms with Crippen LogP contribution in [-0.4, -0.2) is 33.4 Å². The SMILES string of the molecule is Cc1nc2ccccc2n1C1CCN(C(=O)c2ccccc2Br)C1. The van der Waals surface area contributed by atoms with Crippen molar-refractivity contribution < 1.29 is 4.79 Å². The Morgan fingerprint density at radius 2 is 1.92 bits per heavy atom. The molecule has 2 heterocycles. The molecule has 0 radical (unpaired) electrons. The molecule has 0 aliphatic carbocycles. The molecule has 0 bridgehead atoms. The van der Waals surface area contributed by atoms with Crippen molar-refractivity contribution in [3.05, 3.63) is 64.4 Å². The number of imidazole rings is 1. The third-order valence-corrected chi connectivity index (χ3v) is 5.38. The van der Waals surface area contributed by atoms with Crippen molar-refractivity contribution in [3.8, 4) is 0 Å². The predicted octanol–water partition coefficient (Wildman–Crippen LogP) is 4.19. The minimum Gasteiger partial charge on any atom is -0.336 e. The highest BCUT2D eigenvalue weighted by Gasteiger charge is 2.30. The number of amides is 1. The Bertz CT molecular complexity index is 918. The average Bonchev–Trinajstić information content (AvgIpc) is 3.18. The molecule has 4 rings (SSSR count). The second kappa shape index (κ2) is 6.06. The zero-order chi connectivity index (χ0) is 16.7. The van der Waals surface area contributed by atoms with Gasteiger partial charge in [-0.1, -0.05) is 24.3 Å². The first-order valence-corrected chi connectivity index (χ1v) is 8.92. The van der Waals surface area contributed by atoms with E-state index in [1.807, 2.05) is 54.3 Å². The van der Waals surface area contributed by atoms with E-state index in [4.69, 9.17) is 0 Å². The molecule has 1 unspecified atom stereocenters. The van der Waals surface area contributed by atoms with E-state index in [-0.39, 0.29) is 11.9 Å². The number of nitrogens with zero attached hydrogens (tertiary/aromatic N) is 3. The summed E-state index contributed by atoms with van der Waals surface area (Å²) in [6, 6.07) is 16.1. The Balaban J connectivity index is 1.61. The van der Waals surface area contributed by atoms with Gasteiger partial charge in [0.1, 0.15) is 5.82 Å². The van der Waals surface area contributed by atoms with Crippen LogP contribution in [0.15, 0.2) is 53.0 Å². The highest BCUT2D eigenvalue weighted by atomic mass is 79.9. The Kier molecular flexibility index (Phi) is 3.88. The van der Waals surface area contributed by atoms with Gasteiger partial charge < -0.3 is 9.47 Å². The van der Waals surface area contributed by atoms with Gasteiger partial charge in [-0.05, 0) is 53.5 Å². The standard InChI is InChI=1S/C19H18BrN3O/c1-13-21-17-8-4-5-9-18(17)23(13)14-10-11-22(12-14)19(24)15-6-2-3-7-16(15)20/h2-9,14H,10-12H2,1H3. The van der Waals surface area contributed by atoms with Gasteiger partial charge in [0.2, 0.25) is 0 Å². The van der Waals surface area contributed by atoms with E-state index >= 15 is 0 Å². The second-order valence-corrected chi connectivity index (χ2v) is 7.05. The molecule has 24 heavy (non-hydrogen) atoms. The highest BCUT2D eigenvalue weighted by Crippen LogP contribution is 2.29. The number of carbonyl (C=O) groups is 1. The van der Waals surface area contributed by atoms with E-state index in [0.29, 0.717) is 0 Å². The summed E-state index contributed by atoms with van der Waals surface area (Å²) in [5.74, 6) is 1.10. The van der Waals surface area contributed by atoms with Gasteiger partial charge in [0.15, 0.2) is 0 Å². The number of benzene rings is 2. The lowest BCUT2D eigenvalue weighted by Gasteiger charge is -2.19. The Morgan fingerprint density at radius 1 is 1.17 bits per heavy atom. The topological polar surface area (TPSA) is 38.1 Å². The molecule has 1 saturated heterocycles. The van der Waals surface area contributed by atoms with Crippen LogP contribution in [0.1, 0.15) is 28.6 Å². The normalized spacial score (nSPS) is 17.6. The van der Waals surface area contributed by atoms with Crippen LogP contribution in [0.3, 0.4) is 0 Å².